The van der Waals surface area contributed by atoms with E-state index in [1.165, 1.54) is 50.6 Å². The first-order valence-corrected chi connectivity index (χ1v) is 14.0. The molecule has 0 saturated carbocycles. The summed E-state index contributed by atoms with van der Waals surface area (Å²) >= 11 is 0. The van der Waals surface area contributed by atoms with Crippen LogP contribution in [-0.2, 0) is 20.0 Å². The lowest BCUT2D eigenvalue weighted by Crippen LogP contribution is -2.13. The molecule has 0 saturated heterocycles. The second-order valence-electron chi connectivity index (χ2n) is 8.09. The van der Waals surface area contributed by atoms with Gasteiger partial charge in [-0.15, -0.1) is 0 Å². The Morgan fingerprint density at radius 2 is 1.03 bits per heavy atom. The Bertz CT molecular complexity index is 1710. The Kier molecular flexibility index (Phi) is 6.18. The fraction of sp³-hybridized carbons (Fsp3) is 0.0769. The van der Waals surface area contributed by atoms with Crippen molar-refractivity contribution < 1.29 is 30.7 Å². The average Bonchev–Trinajstić information content (AvgIpc) is 3.25. The van der Waals surface area contributed by atoms with Gasteiger partial charge in [0.05, 0.1) is 35.4 Å². The van der Waals surface area contributed by atoms with Crippen LogP contribution in [0.1, 0.15) is 0 Å². The first-order chi connectivity index (χ1) is 17.7. The van der Waals surface area contributed by atoms with Crippen molar-refractivity contribution in [3.8, 4) is 11.5 Å². The largest absolute Gasteiger partial charge is 0.497 e. The molecule has 11 heteroatoms. The van der Waals surface area contributed by atoms with E-state index in [2.05, 4.69) is 9.44 Å². The van der Waals surface area contributed by atoms with Crippen LogP contribution in [-0.4, -0.2) is 31.1 Å². The molecule has 0 unspecified atom stereocenters. The third-order valence-corrected chi connectivity index (χ3v) is 8.43. The summed E-state index contributed by atoms with van der Waals surface area (Å²) in [6.07, 6.45) is 0. The van der Waals surface area contributed by atoms with Crippen LogP contribution in [0.15, 0.2) is 99.1 Å². The molecule has 1 heterocycles. The van der Waals surface area contributed by atoms with Gasteiger partial charge in [-0.2, -0.15) is 0 Å². The van der Waals surface area contributed by atoms with Gasteiger partial charge in [-0.1, -0.05) is 12.1 Å². The number of ether oxygens (including phenoxy) is 2. The van der Waals surface area contributed by atoms with E-state index >= 15 is 0 Å². The van der Waals surface area contributed by atoms with E-state index in [9.17, 15) is 16.8 Å². The molecule has 2 N–H and O–H groups in total. The number of sulfonamides is 2. The summed E-state index contributed by atoms with van der Waals surface area (Å²) in [4.78, 5) is -0.0124. The van der Waals surface area contributed by atoms with E-state index in [1.807, 2.05) is 0 Å². The van der Waals surface area contributed by atoms with Crippen molar-refractivity contribution in [2.45, 2.75) is 9.79 Å². The average molecular weight is 539 g/mol. The van der Waals surface area contributed by atoms with Crippen LogP contribution in [0.5, 0.6) is 11.5 Å². The predicted molar refractivity (Wildman–Crippen MR) is 141 cm³/mol. The molecule has 5 rings (SSSR count). The molecule has 0 fully saturated rings. The Labute approximate surface area is 213 Å². The second-order valence-corrected chi connectivity index (χ2v) is 11.5. The Morgan fingerprint density at radius 3 is 1.43 bits per heavy atom. The zero-order valence-corrected chi connectivity index (χ0v) is 21.4. The molecule has 0 aliphatic heterocycles. The highest BCUT2D eigenvalue weighted by atomic mass is 32.2. The van der Waals surface area contributed by atoms with Gasteiger partial charge in [-0.05, 0) is 60.7 Å². The lowest BCUT2D eigenvalue weighted by atomic mass is 10.1. The van der Waals surface area contributed by atoms with E-state index in [0.717, 1.165) is 0 Å². The maximum atomic E-state index is 13.1. The van der Waals surface area contributed by atoms with E-state index < -0.39 is 20.0 Å². The summed E-state index contributed by atoms with van der Waals surface area (Å²) in [5.74, 6) is 1.01. The Morgan fingerprint density at radius 1 is 0.595 bits per heavy atom. The highest BCUT2D eigenvalue weighted by Crippen LogP contribution is 2.33. The normalized spacial score (nSPS) is 11.9. The molecule has 37 heavy (non-hydrogen) atoms. The Hall–Kier alpha value is -4.22. The maximum absolute atomic E-state index is 13.1. The van der Waals surface area contributed by atoms with Gasteiger partial charge >= 0.3 is 0 Å². The smallest absolute Gasteiger partial charge is 0.261 e. The van der Waals surface area contributed by atoms with E-state index in [1.54, 1.807) is 48.5 Å². The van der Waals surface area contributed by atoms with Crippen molar-refractivity contribution in [3.63, 3.8) is 0 Å². The van der Waals surface area contributed by atoms with Gasteiger partial charge in [0.2, 0.25) is 0 Å². The van der Waals surface area contributed by atoms with Gasteiger partial charge in [-0.3, -0.25) is 9.44 Å². The molecular formula is C26H22N2O7S2. The fourth-order valence-corrected chi connectivity index (χ4v) is 6.02. The number of anilines is 2. The molecule has 9 nitrogen and oxygen atoms in total. The lowest BCUT2D eigenvalue weighted by Gasteiger charge is -2.10. The third-order valence-electron chi connectivity index (χ3n) is 5.68. The van der Waals surface area contributed by atoms with Crippen LogP contribution in [0.25, 0.3) is 21.9 Å². The molecule has 0 amide bonds. The quantitative estimate of drug-likeness (QED) is 0.278. The van der Waals surface area contributed by atoms with Crippen LogP contribution in [0.2, 0.25) is 0 Å². The zero-order chi connectivity index (χ0) is 26.2. The number of nitrogens with one attached hydrogen (secondary N) is 2. The van der Waals surface area contributed by atoms with Crippen molar-refractivity contribution >= 4 is 53.4 Å². The number of furan rings is 1. The minimum Gasteiger partial charge on any atom is -0.497 e. The number of methoxy groups -OCH3 is 2. The van der Waals surface area contributed by atoms with Gasteiger partial charge < -0.3 is 13.9 Å². The minimum absolute atomic E-state index is 0.00622. The lowest BCUT2D eigenvalue weighted by molar-refractivity contribution is 0.415. The maximum Gasteiger partial charge on any atom is 0.261 e. The number of hydrogen-bond acceptors (Lipinski definition) is 7. The number of fused-ring (bicyclic) bond motifs is 3. The second kappa shape index (κ2) is 9.34. The van der Waals surface area contributed by atoms with Gasteiger partial charge in [0.1, 0.15) is 22.7 Å². The molecule has 190 valence electrons. The summed E-state index contributed by atoms with van der Waals surface area (Å²) in [5, 5.41) is 0.920. The molecule has 5 aromatic rings. The summed E-state index contributed by atoms with van der Waals surface area (Å²) < 4.78 is 73.5. The van der Waals surface area contributed by atoms with Crippen molar-refractivity contribution in [1.29, 1.82) is 0 Å². The summed E-state index contributed by atoms with van der Waals surface area (Å²) in [6, 6.07) is 21.9. The van der Waals surface area contributed by atoms with Gasteiger partial charge in [-0.25, -0.2) is 16.8 Å². The van der Waals surface area contributed by atoms with Crippen LogP contribution in [0.3, 0.4) is 0 Å². The molecule has 4 aromatic carbocycles. The van der Waals surface area contributed by atoms with Crippen molar-refractivity contribution in [2.75, 3.05) is 23.7 Å². The highest BCUT2D eigenvalue weighted by Gasteiger charge is 2.20. The highest BCUT2D eigenvalue weighted by molar-refractivity contribution is 7.93. The number of benzene rings is 4. The SMILES string of the molecule is COc1cccc(NS(=O)(=O)c2ccc3oc4ccc(S(=O)(=O)Nc5cccc(OC)c5)cc4c3c2)c1. The monoisotopic (exact) mass is 538 g/mol. The van der Waals surface area contributed by atoms with Gasteiger partial charge in [0, 0.05) is 22.9 Å². The predicted octanol–water partition coefficient (Wildman–Crippen LogP) is 5.20. The number of rotatable bonds is 8. The van der Waals surface area contributed by atoms with Crippen LogP contribution in [0.4, 0.5) is 11.4 Å². The standard InChI is InChI=1S/C26H22N2O7S2/c1-33-19-7-3-5-17(13-19)27-36(29,30)21-9-11-25-23(15-21)24-16-22(10-12-26(24)35-25)37(31,32)28-18-6-4-8-20(14-18)34-2/h3-16,27-28H,1-2H3. The molecular weight excluding hydrogens is 516 g/mol. The van der Waals surface area contributed by atoms with Crippen LogP contribution < -0.4 is 18.9 Å². The molecule has 0 aliphatic carbocycles. The fourth-order valence-electron chi connectivity index (χ4n) is 3.87. The molecule has 0 bridgehead atoms. The zero-order valence-electron chi connectivity index (χ0n) is 19.8. The number of hydrogen-bond donors (Lipinski definition) is 2. The topological polar surface area (TPSA) is 124 Å². The first kappa shape index (κ1) is 24.5. The van der Waals surface area contributed by atoms with Crippen molar-refractivity contribution in [1.82, 2.24) is 0 Å². The molecule has 1 aromatic heterocycles. The van der Waals surface area contributed by atoms with E-state index in [0.29, 0.717) is 44.8 Å². The molecule has 0 spiro atoms. The van der Waals surface area contributed by atoms with E-state index in [4.69, 9.17) is 13.9 Å². The summed E-state index contributed by atoms with van der Waals surface area (Å²) in [5.41, 5.74) is 1.53. The third kappa shape index (κ3) is 4.91. The van der Waals surface area contributed by atoms with Gasteiger partial charge in [0.25, 0.3) is 20.0 Å². The van der Waals surface area contributed by atoms with Crippen LogP contribution in [0, 0.1) is 0 Å². The summed E-state index contributed by atoms with van der Waals surface area (Å²) in [7, 11) is -4.92. The Balaban J connectivity index is 1.52. The van der Waals surface area contributed by atoms with Crippen LogP contribution >= 0.6 is 0 Å². The first-order valence-electron chi connectivity index (χ1n) is 11.0. The summed E-state index contributed by atoms with van der Waals surface area (Å²) in [6.45, 7) is 0. The molecule has 0 aliphatic rings. The van der Waals surface area contributed by atoms with E-state index in [-0.39, 0.29) is 9.79 Å². The van der Waals surface area contributed by atoms with Gasteiger partial charge in [0.15, 0.2) is 0 Å². The molecule has 0 radical (unpaired) electrons. The molecule has 0 atom stereocenters. The van der Waals surface area contributed by atoms with Crippen molar-refractivity contribution in [3.05, 3.63) is 84.9 Å². The van der Waals surface area contributed by atoms with Crippen molar-refractivity contribution in [2.24, 2.45) is 0 Å². The minimum atomic E-state index is -3.95.